The lowest BCUT2D eigenvalue weighted by atomic mass is 9.84. The van der Waals surface area contributed by atoms with Crippen LogP contribution in [0.5, 0.6) is 0 Å². The predicted octanol–water partition coefficient (Wildman–Crippen LogP) is 4.73. The third-order valence-corrected chi connectivity index (χ3v) is 7.16. The number of rotatable bonds is 7. The van der Waals surface area contributed by atoms with Gasteiger partial charge in [0.25, 0.3) is 5.91 Å². The Bertz CT molecular complexity index is 1190. The van der Waals surface area contributed by atoms with E-state index in [-0.39, 0.29) is 17.8 Å². The first-order valence-corrected chi connectivity index (χ1v) is 12.6. The van der Waals surface area contributed by atoms with E-state index in [1.165, 1.54) is 11.1 Å². The fraction of sp³-hybridized carbons (Fsp3) is 0.414. The van der Waals surface area contributed by atoms with Crippen LogP contribution in [0.25, 0.3) is 17.0 Å². The highest BCUT2D eigenvalue weighted by Crippen LogP contribution is 2.35. The molecule has 3 heterocycles. The number of piperidine rings is 1. The van der Waals surface area contributed by atoms with E-state index in [0.29, 0.717) is 25.0 Å². The first kappa shape index (κ1) is 23.8. The Hall–Kier alpha value is -2.93. The molecule has 0 spiro atoms. The zero-order valence-corrected chi connectivity index (χ0v) is 20.3. The number of aliphatic hydroxyl groups is 1. The van der Waals surface area contributed by atoms with E-state index in [0.717, 1.165) is 50.0 Å². The van der Waals surface area contributed by atoms with Gasteiger partial charge in [-0.1, -0.05) is 48.0 Å². The molecule has 0 radical (unpaired) electrons. The van der Waals surface area contributed by atoms with Crippen molar-refractivity contribution in [3.05, 3.63) is 77.1 Å². The molecule has 6 heteroatoms. The molecular weight excluding hydrogens is 440 g/mol. The molecule has 0 bridgehead atoms. The molecule has 1 atom stereocenters. The predicted molar refractivity (Wildman–Crippen MR) is 137 cm³/mol. The van der Waals surface area contributed by atoms with E-state index >= 15 is 0 Å². The third-order valence-electron chi connectivity index (χ3n) is 7.16. The Morgan fingerprint density at radius 1 is 1.17 bits per heavy atom. The molecule has 2 saturated heterocycles. The minimum absolute atomic E-state index is 0.0904. The van der Waals surface area contributed by atoms with Crippen molar-refractivity contribution in [1.82, 2.24) is 10.2 Å². The van der Waals surface area contributed by atoms with Crippen molar-refractivity contribution in [2.75, 3.05) is 32.8 Å². The highest BCUT2D eigenvalue weighted by molar-refractivity contribution is 5.96. The Balaban J connectivity index is 1.20. The van der Waals surface area contributed by atoms with Gasteiger partial charge in [0.05, 0.1) is 11.7 Å². The highest BCUT2D eigenvalue weighted by Gasteiger charge is 2.34. The summed E-state index contributed by atoms with van der Waals surface area (Å²) in [7, 11) is 0. The molecule has 5 rings (SSSR count). The van der Waals surface area contributed by atoms with Gasteiger partial charge in [0.1, 0.15) is 5.58 Å². The molecule has 2 aliphatic heterocycles. The van der Waals surface area contributed by atoms with Gasteiger partial charge in [-0.25, -0.2) is 0 Å². The fourth-order valence-corrected chi connectivity index (χ4v) is 5.15. The van der Waals surface area contributed by atoms with E-state index in [1.807, 2.05) is 24.3 Å². The molecule has 3 aromatic rings. The van der Waals surface area contributed by atoms with Gasteiger partial charge in [0.2, 0.25) is 0 Å². The maximum Gasteiger partial charge on any atom is 0.287 e. The molecule has 0 aliphatic carbocycles. The van der Waals surface area contributed by atoms with Crippen molar-refractivity contribution < 1.29 is 19.1 Å². The summed E-state index contributed by atoms with van der Waals surface area (Å²) < 4.78 is 11.3. The van der Waals surface area contributed by atoms with E-state index in [4.69, 9.17) is 9.15 Å². The van der Waals surface area contributed by atoms with Gasteiger partial charge < -0.3 is 19.6 Å². The zero-order chi connectivity index (χ0) is 24.3. The summed E-state index contributed by atoms with van der Waals surface area (Å²) in [5, 5.41) is 15.2. The second-order valence-corrected chi connectivity index (χ2v) is 9.92. The van der Waals surface area contributed by atoms with E-state index < -0.39 is 5.60 Å². The van der Waals surface area contributed by atoms with Crippen molar-refractivity contribution in [3.8, 4) is 0 Å². The van der Waals surface area contributed by atoms with Crippen LogP contribution in [-0.2, 0) is 10.3 Å². The molecule has 2 N–H and O–H groups in total. The van der Waals surface area contributed by atoms with Crippen molar-refractivity contribution in [3.63, 3.8) is 0 Å². The third kappa shape index (κ3) is 5.67. The van der Waals surface area contributed by atoms with Gasteiger partial charge in [-0.3, -0.25) is 9.69 Å². The van der Waals surface area contributed by atoms with Crippen LogP contribution in [0.15, 0.2) is 64.6 Å². The fourth-order valence-electron chi connectivity index (χ4n) is 5.15. The number of ether oxygens (including phenoxy) is 1. The van der Waals surface area contributed by atoms with Crippen LogP contribution in [-0.4, -0.2) is 54.8 Å². The summed E-state index contributed by atoms with van der Waals surface area (Å²) in [6.07, 6.45) is 5.67. The average molecular weight is 475 g/mol. The molecule has 0 saturated carbocycles. The number of furan rings is 1. The number of carbonyl (C=O) groups excluding carboxylic acids is 1. The minimum Gasteiger partial charge on any atom is -0.451 e. The molecule has 184 valence electrons. The largest absolute Gasteiger partial charge is 0.451 e. The summed E-state index contributed by atoms with van der Waals surface area (Å²) >= 11 is 0. The summed E-state index contributed by atoms with van der Waals surface area (Å²) in [6.45, 7) is 5.98. The van der Waals surface area contributed by atoms with Crippen molar-refractivity contribution >= 4 is 23.0 Å². The van der Waals surface area contributed by atoms with Crippen LogP contribution in [0.4, 0.5) is 0 Å². The lowest BCUT2D eigenvalue weighted by molar-refractivity contribution is -0.0237. The molecule has 2 fully saturated rings. The summed E-state index contributed by atoms with van der Waals surface area (Å²) in [6, 6.07) is 17.9. The molecule has 2 aliphatic rings. The number of nitrogens with one attached hydrogen (secondary N) is 1. The van der Waals surface area contributed by atoms with Gasteiger partial charge >= 0.3 is 0 Å². The summed E-state index contributed by atoms with van der Waals surface area (Å²) in [5.41, 5.74) is 3.19. The van der Waals surface area contributed by atoms with Gasteiger partial charge in [0, 0.05) is 38.2 Å². The second-order valence-electron chi connectivity index (χ2n) is 9.92. The molecule has 35 heavy (non-hydrogen) atoms. The lowest BCUT2D eigenvalue weighted by Gasteiger charge is -2.38. The number of nitrogens with zero attached hydrogens (tertiary/aromatic N) is 1. The Morgan fingerprint density at radius 2 is 1.97 bits per heavy atom. The Kier molecular flexibility index (Phi) is 7.04. The Morgan fingerprint density at radius 3 is 2.71 bits per heavy atom. The normalized spacial score (nSPS) is 20.9. The summed E-state index contributed by atoms with van der Waals surface area (Å²) in [4.78, 5) is 14.9. The zero-order valence-electron chi connectivity index (χ0n) is 20.3. The van der Waals surface area contributed by atoms with Crippen LogP contribution in [0.1, 0.15) is 54.3 Å². The van der Waals surface area contributed by atoms with Crippen LogP contribution in [0.3, 0.4) is 0 Å². The van der Waals surface area contributed by atoms with Crippen molar-refractivity contribution in [2.24, 2.45) is 0 Å². The number of amides is 1. The minimum atomic E-state index is -0.874. The summed E-state index contributed by atoms with van der Waals surface area (Å²) in [5.74, 6) is 0.0573. The number of hydrogen-bond donors (Lipinski definition) is 2. The van der Waals surface area contributed by atoms with Crippen molar-refractivity contribution in [2.45, 2.75) is 44.3 Å². The Labute approximate surface area is 206 Å². The number of likely N-dealkylation sites (tertiary alicyclic amines) is 1. The van der Waals surface area contributed by atoms with Crippen molar-refractivity contribution in [1.29, 1.82) is 0 Å². The standard InChI is InChI=1S/C29H34N2O4/c1-21(16-22-6-3-2-4-7-22)20-31-13-11-29(33,12-14-31)24-9-10-26-23(17-24)18-27(35-26)28(32)30-19-25-8-5-15-34-25/h2-4,6-7,9-10,16-18,25,33H,5,8,11-15,19-20H2,1H3,(H,30,32)/b21-16+/t25-/m0/s1. The highest BCUT2D eigenvalue weighted by atomic mass is 16.5. The number of hydrogen-bond acceptors (Lipinski definition) is 5. The first-order chi connectivity index (χ1) is 17.0. The maximum absolute atomic E-state index is 12.5. The van der Waals surface area contributed by atoms with E-state index in [1.54, 1.807) is 6.07 Å². The van der Waals surface area contributed by atoms with Crippen LogP contribution >= 0.6 is 0 Å². The molecular formula is C29H34N2O4. The first-order valence-electron chi connectivity index (χ1n) is 12.6. The molecule has 1 aromatic heterocycles. The van der Waals surface area contributed by atoms with Gasteiger partial charge in [-0.15, -0.1) is 0 Å². The van der Waals surface area contributed by atoms with Gasteiger partial charge in [0.15, 0.2) is 5.76 Å². The van der Waals surface area contributed by atoms with Crippen LogP contribution in [0.2, 0.25) is 0 Å². The van der Waals surface area contributed by atoms with Crippen LogP contribution < -0.4 is 5.32 Å². The lowest BCUT2D eigenvalue weighted by Crippen LogP contribution is -2.43. The molecule has 2 aromatic carbocycles. The van der Waals surface area contributed by atoms with E-state index in [2.05, 4.69) is 47.5 Å². The van der Waals surface area contributed by atoms with Gasteiger partial charge in [-0.2, -0.15) is 0 Å². The maximum atomic E-state index is 12.5. The van der Waals surface area contributed by atoms with Crippen LogP contribution in [0, 0.1) is 0 Å². The monoisotopic (exact) mass is 474 g/mol. The topological polar surface area (TPSA) is 74.9 Å². The molecule has 1 amide bonds. The number of carbonyl (C=O) groups is 1. The quantitative estimate of drug-likeness (QED) is 0.518. The van der Waals surface area contributed by atoms with E-state index in [9.17, 15) is 9.90 Å². The molecule has 0 unspecified atom stereocenters. The SMILES string of the molecule is C/C(=C\c1ccccc1)CN1CCC(O)(c2ccc3oc(C(=O)NC[C@@H]4CCCO4)cc3c2)CC1. The average Bonchev–Trinajstić information content (AvgIpc) is 3.54. The number of fused-ring (bicyclic) bond motifs is 1. The molecule has 6 nitrogen and oxygen atoms in total. The second kappa shape index (κ2) is 10.4. The number of benzene rings is 2. The smallest absolute Gasteiger partial charge is 0.287 e. The van der Waals surface area contributed by atoms with Gasteiger partial charge in [-0.05, 0) is 61.9 Å².